The predicted octanol–water partition coefficient (Wildman–Crippen LogP) is 4.73. The molecule has 0 spiro atoms. The van der Waals surface area contributed by atoms with Crippen molar-refractivity contribution in [2.45, 2.75) is 33.1 Å². The maximum absolute atomic E-state index is 12.4. The molecule has 0 atom stereocenters. The van der Waals surface area contributed by atoms with Gasteiger partial charge in [-0.3, -0.25) is 4.79 Å². The molecule has 0 bridgehead atoms. The minimum Gasteiger partial charge on any atom is -0.351 e. The molecule has 3 nitrogen and oxygen atoms in total. The Morgan fingerprint density at radius 1 is 1.22 bits per heavy atom. The van der Waals surface area contributed by atoms with Gasteiger partial charge in [-0.15, -0.1) is 22.7 Å². The fourth-order valence-electron chi connectivity index (χ4n) is 2.59. The number of nitrogens with zero attached hydrogens (tertiary/aromatic N) is 1. The summed E-state index contributed by atoms with van der Waals surface area (Å²) in [7, 11) is 0. The van der Waals surface area contributed by atoms with Gasteiger partial charge in [-0.2, -0.15) is 0 Å². The Kier molecular flexibility index (Phi) is 5.08. The number of thiophene rings is 1. The fourth-order valence-corrected chi connectivity index (χ4v) is 4.54. The van der Waals surface area contributed by atoms with Gasteiger partial charge in [0.1, 0.15) is 0 Å². The van der Waals surface area contributed by atoms with Gasteiger partial charge in [-0.05, 0) is 50.1 Å². The predicted molar refractivity (Wildman–Crippen MR) is 98.7 cm³/mol. The molecule has 2 heterocycles. The first kappa shape index (κ1) is 16.1. The van der Waals surface area contributed by atoms with Crippen LogP contribution in [-0.4, -0.2) is 17.4 Å². The van der Waals surface area contributed by atoms with E-state index < -0.39 is 0 Å². The normalized spacial score (nSPS) is 11.0. The zero-order valence-corrected chi connectivity index (χ0v) is 15.0. The summed E-state index contributed by atoms with van der Waals surface area (Å²) in [5.74, 6) is 0.0498. The van der Waals surface area contributed by atoms with Crippen LogP contribution in [0.1, 0.15) is 38.8 Å². The SMILES string of the molecule is Cc1csc(CCCCNC(=O)c2sc3ccccc3c2C)n1. The van der Waals surface area contributed by atoms with Crippen LogP contribution in [0.4, 0.5) is 0 Å². The largest absolute Gasteiger partial charge is 0.351 e. The second kappa shape index (κ2) is 7.23. The van der Waals surface area contributed by atoms with E-state index in [4.69, 9.17) is 0 Å². The lowest BCUT2D eigenvalue weighted by atomic mass is 10.1. The Bertz CT molecular complexity index is 819. The molecule has 3 rings (SSSR count). The fraction of sp³-hybridized carbons (Fsp3) is 0.333. The van der Waals surface area contributed by atoms with Crippen LogP contribution in [0.5, 0.6) is 0 Å². The average Bonchev–Trinajstić information content (AvgIpc) is 3.11. The minimum absolute atomic E-state index is 0.0498. The van der Waals surface area contributed by atoms with E-state index in [2.05, 4.69) is 27.8 Å². The summed E-state index contributed by atoms with van der Waals surface area (Å²) < 4.78 is 1.18. The number of hydrogen-bond acceptors (Lipinski definition) is 4. The Labute approximate surface area is 144 Å². The summed E-state index contributed by atoms with van der Waals surface area (Å²) in [6, 6.07) is 8.18. The van der Waals surface area contributed by atoms with Crippen LogP contribution in [0.3, 0.4) is 0 Å². The maximum Gasteiger partial charge on any atom is 0.261 e. The minimum atomic E-state index is 0.0498. The smallest absolute Gasteiger partial charge is 0.261 e. The van der Waals surface area contributed by atoms with Crippen LogP contribution in [0.25, 0.3) is 10.1 Å². The van der Waals surface area contributed by atoms with Crippen LogP contribution in [-0.2, 0) is 6.42 Å². The maximum atomic E-state index is 12.4. The van der Waals surface area contributed by atoms with Gasteiger partial charge >= 0.3 is 0 Å². The topological polar surface area (TPSA) is 42.0 Å². The van der Waals surface area contributed by atoms with Gasteiger partial charge in [0.05, 0.1) is 9.88 Å². The van der Waals surface area contributed by atoms with Gasteiger partial charge < -0.3 is 5.32 Å². The van der Waals surface area contributed by atoms with Gasteiger partial charge in [-0.1, -0.05) is 18.2 Å². The number of carbonyl (C=O) groups is 1. The molecule has 0 aliphatic rings. The third-order valence-electron chi connectivity index (χ3n) is 3.82. The second-order valence-electron chi connectivity index (χ2n) is 5.65. The molecule has 0 aliphatic heterocycles. The molecule has 23 heavy (non-hydrogen) atoms. The van der Waals surface area contributed by atoms with Gasteiger partial charge in [-0.25, -0.2) is 4.98 Å². The zero-order valence-electron chi connectivity index (χ0n) is 13.4. The summed E-state index contributed by atoms with van der Waals surface area (Å²) in [5, 5.41) is 7.50. The molecule has 0 unspecified atom stereocenters. The first-order chi connectivity index (χ1) is 11.1. The number of rotatable bonds is 6. The quantitative estimate of drug-likeness (QED) is 0.657. The molecular formula is C18H20N2OS2. The Morgan fingerprint density at radius 2 is 2.04 bits per heavy atom. The number of fused-ring (bicyclic) bond motifs is 1. The van der Waals surface area contributed by atoms with Gasteiger partial charge in [0, 0.05) is 22.3 Å². The highest BCUT2D eigenvalue weighted by atomic mass is 32.1. The zero-order chi connectivity index (χ0) is 16.2. The molecule has 3 aromatic rings. The molecule has 1 aromatic carbocycles. The van der Waals surface area contributed by atoms with E-state index in [1.165, 1.54) is 15.1 Å². The second-order valence-corrected chi connectivity index (χ2v) is 7.64. The third-order valence-corrected chi connectivity index (χ3v) is 6.12. The molecule has 1 N–H and O–H groups in total. The average molecular weight is 345 g/mol. The lowest BCUT2D eigenvalue weighted by molar-refractivity contribution is 0.0956. The van der Waals surface area contributed by atoms with Crippen LogP contribution >= 0.6 is 22.7 Å². The molecule has 0 radical (unpaired) electrons. The van der Waals surface area contributed by atoms with Crippen molar-refractivity contribution in [1.82, 2.24) is 10.3 Å². The molecular weight excluding hydrogens is 324 g/mol. The molecule has 120 valence electrons. The Balaban J connectivity index is 1.50. The van der Waals surface area contributed by atoms with Gasteiger partial charge in [0.15, 0.2) is 0 Å². The summed E-state index contributed by atoms with van der Waals surface area (Å²) in [5.41, 5.74) is 2.18. The summed E-state index contributed by atoms with van der Waals surface area (Å²) in [6.07, 6.45) is 3.03. The first-order valence-corrected chi connectivity index (χ1v) is 9.52. The highest BCUT2D eigenvalue weighted by molar-refractivity contribution is 7.21. The summed E-state index contributed by atoms with van der Waals surface area (Å²) in [6.45, 7) is 4.77. The van der Waals surface area contributed by atoms with E-state index in [0.29, 0.717) is 0 Å². The van der Waals surface area contributed by atoms with E-state index in [-0.39, 0.29) is 5.91 Å². The van der Waals surface area contributed by atoms with Crippen molar-refractivity contribution in [3.63, 3.8) is 0 Å². The number of unbranched alkanes of at least 4 members (excludes halogenated alkanes) is 1. The highest BCUT2D eigenvalue weighted by Gasteiger charge is 2.14. The van der Waals surface area contributed by atoms with Crippen LogP contribution in [0, 0.1) is 13.8 Å². The van der Waals surface area contributed by atoms with Crippen molar-refractivity contribution in [3.05, 3.63) is 50.8 Å². The third kappa shape index (κ3) is 3.79. The van der Waals surface area contributed by atoms with Crippen molar-refractivity contribution in [2.24, 2.45) is 0 Å². The monoisotopic (exact) mass is 344 g/mol. The molecule has 0 fully saturated rings. The number of aromatic nitrogens is 1. The van der Waals surface area contributed by atoms with Crippen molar-refractivity contribution in [1.29, 1.82) is 0 Å². The van der Waals surface area contributed by atoms with E-state index in [9.17, 15) is 4.79 Å². The van der Waals surface area contributed by atoms with Crippen molar-refractivity contribution < 1.29 is 4.79 Å². The van der Waals surface area contributed by atoms with Crippen LogP contribution in [0.15, 0.2) is 29.6 Å². The van der Waals surface area contributed by atoms with E-state index in [1.54, 1.807) is 22.7 Å². The Hall–Kier alpha value is -1.72. The standard InChI is InChI=1S/C18H20N2OS2/c1-12-11-22-16(20-12)9-5-6-10-19-18(21)17-13(2)14-7-3-4-8-15(14)23-17/h3-4,7-8,11H,5-6,9-10H2,1-2H3,(H,19,21). The van der Waals surface area contributed by atoms with Crippen molar-refractivity contribution in [2.75, 3.05) is 6.54 Å². The van der Waals surface area contributed by atoms with Crippen molar-refractivity contribution >= 4 is 38.7 Å². The van der Waals surface area contributed by atoms with Crippen molar-refractivity contribution in [3.8, 4) is 0 Å². The van der Waals surface area contributed by atoms with Gasteiger partial charge in [0.25, 0.3) is 5.91 Å². The molecule has 0 aliphatic carbocycles. The summed E-state index contributed by atoms with van der Waals surface area (Å²) >= 11 is 3.29. The first-order valence-electron chi connectivity index (χ1n) is 7.82. The molecule has 0 saturated heterocycles. The van der Waals surface area contributed by atoms with Crippen LogP contribution < -0.4 is 5.32 Å². The Morgan fingerprint density at radius 3 is 2.78 bits per heavy atom. The lowest BCUT2D eigenvalue weighted by Crippen LogP contribution is -2.24. The number of hydrogen-bond donors (Lipinski definition) is 1. The number of benzene rings is 1. The molecule has 2 aromatic heterocycles. The summed E-state index contributed by atoms with van der Waals surface area (Å²) in [4.78, 5) is 17.7. The van der Waals surface area contributed by atoms with E-state index in [0.717, 1.165) is 41.9 Å². The van der Waals surface area contributed by atoms with E-state index >= 15 is 0 Å². The number of nitrogens with one attached hydrogen (secondary N) is 1. The molecule has 1 amide bonds. The number of thiazole rings is 1. The van der Waals surface area contributed by atoms with Gasteiger partial charge in [0.2, 0.25) is 0 Å². The molecule has 5 heteroatoms. The number of aryl methyl sites for hydroxylation is 3. The van der Waals surface area contributed by atoms with E-state index in [1.807, 2.05) is 26.0 Å². The van der Waals surface area contributed by atoms with Crippen LogP contribution in [0.2, 0.25) is 0 Å². The number of carbonyl (C=O) groups excluding carboxylic acids is 1. The number of amides is 1. The lowest BCUT2D eigenvalue weighted by Gasteiger charge is -2.04. The molecule has 0 saturated carbocycles. The highest BCUT2D eigenvalue weighted by Crippen LogP contribution is 2.30.